The molecule has 7 heteroatoms. The smallest absolute Gasteiger partial charge is 0.376 e. The normalized spacial score (nSPS) is 11.2. The van der Waals surface area contributed by atoms with Crippen molar-refractivity contribution in [2.24, 2.45) is 0 Å². The largest absolute Gasteiger partial charge is 0.416 e. The second kappa shape index (κ2) is 6.68. The number of halogens is 4. The molecule has 2 aromatic rings. The fraction of sp³-hybridized carbons (Fsp3) is 0.188. The van der Waals surface area contributed by atoms with E-state index in [1.807, 2.05) is 0 Å². The summed E-state index contributed by atoms with van der Waals surface area (Å²) in [4.78, 5) is 11.8. The second-order valence-electron chi connectivity index (χ2n) is 4.94. The molecule has 1 amide bonds. The van der Waals surface area contributed by atoms with Gasteiger partial charge in [0.05, 0.1) is 12.1 Å². The van der Waals surface area contributed by atoms with Crippen molar-refractivity contribution in [3.63, 3.8) is 0 Å². The summed E-state index contributed by atoms with van der Waals surface area (Å²) < 4.78 is 50.9. The highest BCUT2D eigenvalue weighted by Gasteiger charge is 2.30. The molecule has 2 N–H and O–H groups in total. The van der Waals surface area contributed by atoms with Crippen LogP contribution >= 0.6 is 0 Å². The third kappa shape index (κ3) is 4.70. The zero-order valence-electron chi connectivity index (χ0n) is 12.2. The van der Waals surface area contributed by atoms with Gasteiger partial charge in [-0.25, -0.2) is 4.39 Å². The summed E-state index contributed by atoms with van der Waals surface area (Å²) in [5.74, 6) is -0.982. The number of hydrogen-bond acceptors (Lipinski definition) is 2. The first kappa shape index (κ1) is 16.8. The summed E-state index contributed by atoms with van der Waals surface area (Å²) in [7, 11) is 0. The van der Waals surface area contributed by atoms with Gasteiger partial charge in [0, 0.05) is 11.4 Å². The molecule has 3 nitrogen and oxygen atoms in total. The van der Waals surface area contributed by atoms with Crippen LogP contribution in [0.3, 0.4) is 0 Å². The Labute approximate surface area is 130 Å². The highest BCUT2D eigenvalue weighted by molar-refractivity contribution is 5.93. The molecule has 23 heavy (non-hydrogen) atoms. The van der Waals surface area contributed by atoms with Gasteiger partial charge in [-0.05, 0) is 42.8 Å². The molecule has 0 aliphatic rings. The summed E-state index contributed by atoms with van der Waals surface area (Å²) in [6, 6.07) is 8.44. The number of amides is 1. The number of benzene rings is 2. The molecule has 0 aromatic heterocycles. The van der Waals surface area contributed by atoms with E-state index in [-0.39, 0.29) is 12.2 Å². The minimum Gasteiger partial charge on any atom is -0.376 e. The number of carbonyl (C=O) groups excluding carboxylic acids is 1. The lowest BCUT2D eigenvalue weighted by molar-refractivity contribution is -0.137. The Bertz CT molecular complexity index is 713. The molecule has 0 spiro atoms. The molecule has 0 unspecified atom stereocenters. The highest BCUT2D eigenvalue weighted by Crippen LogP contribution is 2.30. The lowest BCUT2D eigenvalue weighted by Gasteiger charge is -2.12. The Morgan fingerprint density at radius 3 is 2.57 bits per heavy atom. The zero-order chi connectivity index (χ0) is 17.0. The topological polar surface area (TPSA) is 41.1 Å². The first-order valence-electron chi connectivity index (χ1n) is 6.73. The van der Waals surface area contributed by atoms with E-state index in [1.165, 1.54) is 24.3 Å². The van der Waals surface area contributed by atoms with Crippen LogP contribution in [0.25, 0.3) is 0 Å². The van der Waals surface area contributed by atoms with Gasteiger partial charge in [0.1, 0.15) is 5.82 Å². The van der Waals surface area contributed by atoms with E-state index in [2.05, 4.69) is 10.6 Å². The monoisotopic (exact) mass is 326 g/mol. The number of aryl methyl sites for hydroxylation is 1. The van der Waals surface area contributed by atoms with E-state index in [4.69, 9.17) is 0 Å². The van der Waals surface area contributed by atoms with Crippen molar-refractivity contribution in [2.45, 2.75) is 13.1 Å². The number of carbonyl (C=O) groups is 1. The molecule has 0 radical (unpaired) electrons. The SMILES string of the molecule is Cc1ccc(F)cc1NCC(=O)Nc1cccc(C(F)(F)F)c1. The number of alkyl halides is 3. The molecule has 0 aliphatic heterocycles. The first-order chi connectivity index (χ1) is 10.8. The van der Waals surface area contributed by atoms with Gasteiger partial charge in [0.2, 0.25) is 5.91 Å². The molecule has 0 bridgehead atoms. The Balaban J connectivity index is 1.99. The number of anilines is 2. The minimum absolute atomic E-state index is 0.0441. The van der Waals surface area contributed by atoms with Crippen LogP contribution in [0.15, 0.2) is 42.5 Å². The molecular weight excluding hydrogens is 312 g/mol. The third-order valence-corrected chi connectivity index (χ3v) is 3.11. The lowest BCUT2D eigenvalue weighted by Crippen LogP contribution is -2.22. The minimum atomic E-state index is -4.47. The maximum Gasteiger partial charge on any atom is 0.416 e. The maximum absolute atomic E-state index is 13.1. The van der Waals surface area contributed by atoms with Crippen LogP contribution in [-0.2, 0) is 11.0 Å². The van der Waals surface area contributed by atoms with Gasteiger partial charge < -0.3 is 10.6 Å². The van der Waals surface area contributed by atoms with Crippen molar-refractivity contribution in [1.82, 2.24) is 0 Å². The molecule has 2 rings (SSSR count). The lowest BCUT2D eigenvalue weighted by atomic mass is 10.2. The average molecular weight is 326 g/mol. The van der Waals surface area contributed by atoms with Crippen LogP contribution in [0.2, 0.25) is 0 Å². The van der Waals surface area contributed by atoms with E-state index in [9.17, 15) is 22.4 Å². The third-order valence-electron chi connectivity index (χ3n) is 3.11. The van der Waals surface area contributed by atoms with Crippen molar-refractivity contribution in [3.8, 4) is 0 Å². The molecular formula is C16H14F4N2O. The Morgan fingerprint density at radius 2 is 1.87 bits per heavy atom. The molecule has 2 aromatic carbocycles. The molecule has 0 atom stereocenters. The molecule has 0 fully saturated rings. The summed E-state index contributed by atoms with van der Waals surface area (Å²) in [5, 5.41) is 5.11. The fourth-order valence-electron chi connectivity index (χ4n) is 1.94. The van der Waals surface area contributed by atoms with Crippen LogP contribution in [0.5, 0.6) is 0 Å². The van der Waals surface area contributed by atoms with Gasteiger partial charge >= 0.3 is 6.18 Å². The van der Waals surface area contributed by atoms with Crippen LogP contribution in [0, 0.1) is 12.7 Å². The Morgan fingerprint density at radius 1 is 1.13 bits per heavy atom. The number of nitrogens with one attached hydrogen (secondary N) is 2. The standard InChI is InChI=1S/C16H14F4N2O/c1-10-5-6-12(17)8-14(10)21-9-15(23)22-13-4-2-3-11(7-13)16(18,19)20/h2-8,21H,9H2,1H3,(H,22,23). The van der Waals surface area contributed by atoms with Crippen molar-refractivity contribution < 1.29 is 22.4 Å². The highest BCUT2D eigenvalue weighted by atomic mass is 19.4. The Kier molecular flexibility index (Phi) is 4.88. The summed E-state index contributed by atoms with van der Waals surface area (Å²) >= 11 is 0. The average Bonchev–Trinajstić information content (AvgIpc) is 2.47. The number of rotatable bonds is 4. The van der Waals surface area contributed by atoms with E-state index >= 15 is 0 Å². The van der Waals surface area contributed by atoms with Crippen molar-refractivity contribution >= 4 is 17.3 Å². The van der Waals surface area contributed by atoms with Gasteiger partial charge in [0.15, 0.2) is 0 Å². The van der Waals surface area contributed by atoms with E-state index in [0.29, 0.717) is 5.69 Å². The quantitative estimate of drug-likeness (QED) is 0.827. The predicted octanol–water partition coefficient (Wildman–Crippen LogP) is 4.20. The number of hydrogen-bond donors (Lipinski definition) is 2. The van der Waals surface area contributed by atoms with Crippen molar-refractivity contribution in [3.05, 3.63) is 59.4 Å². The molecule has 0 heterocycles. The fourth-order valence-corrected chi connectivity index (χ4v) is 1.94. The predicted molar refractivity (Wildman–Crippen MR) is 79.7 cm³/mol. The van der Waals surface area contributed by atoms with Gasteiger partial charge in [-0.15, -0.1) is 0 Å². The van der Waals surface area contributed by atoms with Crippen LogP contribution in [0.4, 0.5) is 28.9 Å². The van der Waals surface area contributed by atoms with Crippen molar-refractivity contribution in [1.29, 1.82) is 0 Å². The molecule has 0 saturated heterocycles. The summed E-state index contributed by atoms with van der Waals surface area (Å²) in [5.41, 5.74) is 0.397. The maximum atomic E-state index is 13.1. The van der Waals surface area contributed by atoms with E-state index < -0.39 is 23.5 Å². The van der Waals surface area contributed by atoms with Gasteiger partial charge in [0.25, 0.3) is 0 Å². The first-order valence-corrected chi connectivity index (χ1v) is 6.73. The van der Waals surface area contributed by atoms with Gasteiger partial charge in [-0.3, -0.25) is 4.79 Å². The van der Waals surface area contributed by atoms with Crippen molar-refractivity contribution in [2.75, 3.05) is 17.2 Å². The zero-order valence-corrected chi connectivity index (χ0v) is 12.2. The summed E-state index contributed by atoms with van der Waals surface area (Å²) in [6.45, 7) is 1.55. The second-order valence-corrected chi connectivity index (χ2v) is 4.94. The van der Waals surface area contributed by atoms with Crippen LogP contribution in [-0.4, -0.2) is 12.5 Å². The van der Waals surface area contributed by atoms with Crippen LogP contribution in [0.1, 0.15) is 11.1 Å². The van der Waals surface area contributed by atoms with E-state index in [1.54, 1.807) is 13.0 Å². The molecule has 0 saturated carbocycles. The van der Waals surface area contributed by atoms with Crippen LogP contribution < -0.4 is 10.6 Å². The summed E-state index contributed by atoms with van der Waals surface area (Å²) in [6.07, 6.45) is -4.47. The van der Waals surface area contributed by atoms with Gasteiger partial charge in [-0.1, -0.05) is 12.1 Å². The van der Waals surface area contributed by atoms with E-state index in [0.717, 1.165) is 17.7 Å². The Hall–Kier alpha value is -2.57. The molecule has 122 valence electrons. The molecule has 0 aliphatic carbocycles. The van der Waals surface area contributed by atoms with Gasteiger partial charge in [-0.2, -0.15) is 13.2 Å².